The zero-order valence-electron chi connectivity index (χ0n) is 11.5. The maximum Gasteiger partial charge on any atom is 0.191 e. The third-order valence-electron chi connectivity index (χ3n) is 3.20. The molecule has 0 bridgehead atoms. The molecule has 0 aromatic carbocycles. The lowest BCUT2D eigenvalue weighted by molar-refractivity contribution is 0.0675. The number of nitrogens with zero attached hydrogens (tertiary/aromatic N) is 1. The van der Waals surface area contributed by atoms with Crippen LogP contribution in [0.1, 0.15) is 18.4 Å². The molecule has 7 heteroatoms. The van der Waals surface area contributed by atoms with Gasteiger partial charge in [0.1, 0.15) is 0 Å². The number of hydrogen-bond donors (Lipinski definition) is 2. The Kier molecular flexibility index (Phi) is 9.06. The van der Waals surface area contributed by atoms with Gasteiger partial charge in [-0.05, 0) is 51.7 Å². The van der Waals surface area contributed by atoms with E-state index in [1.54, 1.807) is 11.3 Å². The van der Waals surface area contributed by atoms with E-state index >= 15 is 0 Å². The zero-order valence-corrected chi connectivity index (χ0v) is 16.3. The summed E-state index contributed by atoms with van der Waals surface area (Å²) in [6, 6.07) is 2.13. The molecule has 2 N–H and O–H groups in total. The van der Waals surface area contributed by atoms with Crippen LogP contribution in [0.3, 0.4) is 0 Å². The third kappa shape index (κ3) is 6.28. The van der Waals surface area contributed by atoms with Gasteiger partial charge in [0, 0.05) is 33.4 Å². The number of ether oxygens (including phenoxy) is 1. The standard InChI is InChI=1S/C13H20BrN3OS.HI/c1-15-13(16-7-10-2-4-18-5-3-10)17-8-11-6-12(14)19-9-11;/h6,9-10H,2-5,7-8H2,1H3,(H2,15,16,17);1H. The second kappa shape index (κ2) is 9.97. The van der Waals surface area contributed by atoms with Crippen LogP contribution in [-0.4, -0.2) is 32.8 Å². The number of hydrogen-bond acceptors (Lipinski definition) is 3. The fourth-order valence-corrected chi connectivity index (χ4v) is 3.25. The monoisotopic (exact) mass is 473 g/mol. The Morgan fingerprint density at radius 1 is 1.45 bits per heavy atom. The Bertz CT molecular complexity index is 422. The van der Waals surface area contributed by atoms with Crippen LogP contribution in [0.2, 0.25) is 0 Å². The largest absolute Gasteiger partial charge is 0.381 e. The highest BCUT2D eigenvalue weighted by Gasteiger charge is 2.13. The smallest absolute Gasteiger partial charge is 0.191 e. The first-order chi connectivity index (χ1) is 9.28. The zero-order chi connectivity index (χ0) is 13.5. The Morgan fingerprint density at radius 2 is 2.20 bits per heavy atom. The van der Waals surface area contributed by atoms with Crippen molar-refractivity contribution >= 4 is 57.2 Å². The molecule has 114 valence electrons. The maximum atomic E-state index is 5.36. The summed E-state index contributed by atoms with van der Waals surface area (Å²) in [4.78, 5) is 4.25. The molecule has 20 heavy (non-hydrogen) atoms. The van der Waals surface area contributed by atoms with Gasteiger partial charge in [-0.15, -0.1) is 35.3 Å². The van der Waals surface area contributed by atoms with Crippen molar-refractivity contribution in [2.45, 2.75) is 19.4 Å². The molecule has 0 aliphatic carbocycles. The Morgan fingerprint density at radius 3 is 2.80 bits per heavy atom. The predicted molar refractivity (Wildman–Crippen MR) is 99.2 cm³/mol. The summed E-state index contributed by atoms with van der Waals surface area (Å²) in [7, 11) is 1.81. The highest BCUT2D eigenvalue weighted by Crippen LogP contribution is 2.20. The van der Waals surface area contributed by atoms with Gasteiger partial charge in [0.05, 0.1) is 3.79 Å². The maximum absolute atomic E-state index is 5.36. The first kappa shape index (κ1) is 18.2. The number of guanidine groups is 1. The van der Waals surface area contributed by atoms with E-state index in [2.05, 4.69) is 43.0 Å². The van der Waals surface area contributed by atoms with Crippen LogP contribution in [0.5, 0.6) is 0 Å². The van der Waals surface area contributed by atoms with Gasteiger partial charge in [0.2, 0.25) is 0 Å². The van der Waals surface area contributed by atoms with Crippen molar-refractivity contribution in [2.24, 2.45) is 10.9 Å². The molecule has 0 unspecified atom stereocenters. The average molecular weight is 474 g/mol. The fourth-order valence-electron chi connectivity index (χ4n) is 2.04. The number of thiophene rings is 1. The van der Waals surface area contributed by atoms with Crippen LogP contribution >= 0.6 is 51.2 Å². The minimum absolute atomic E-state index is 0. The van der Waals surface area contributed by atoms with Gasteiger partial charge in [-0.2, -0.15) is 0 Å². The molecule has 0 radical (unpaired) electrons. The number of aliphatic imine (C=N–C) groups is 1. The Hall–Kier alpha value is 0.140. The molecule has 1 aliphatic rings. The van der Waals surface area contributed by atoms with Gasteiger partial charge >= 0.3 is 0 Å². The van der Waals surface area contributed by atoms with Crippen molar-refractivity contribution in [3.05, 3.63) is 20.8 Å². The highest BCUT2D eigenvalue weighted by atomic mass is 127. The topological polar surface area (TPSA) is 45.7 Å². The van der Waals surface area contributed by atoms with Gasteiger partial charge in [0.25, 0.3) is 0 Å². The minimum atomic E-state index is 0. The molecule has 0 spiro atoms. The first-order valence-corrected chi connectivity index (χ1v) is 8.20. The molecule has 0 saturated carbocycles. The van der Waals surface area contributed by atoms with Crippen molar-refractivity contribution in [1.29, 1.82) is 0 Å². The van der Waals surface area contributed by atoms with E-state index in [0.717, 1.165) is 48.9 Å². The molecule has 4 nitrogen and oxygen atoms in total. The van der Waals surface area contributed by atoms with E-state index in [1.807, 2.05) is 7.05 Å². The highest BCUT2D eigenvalue weighted by molar-refractivity contribution is 14.0. The van der Waals surface area contributed by atoms with Crippen molar-refractivity contribution in [3.8, 4) is 0 Å². The number of halogens is 2. The van der Waals surface area contributed by atoms with Crippen molar-refractivity contribution in [3.63, 3.8) is 0 Å². The molecule has 1 aliphatic heterocycles. The number of rotatable bonds is 4. The van der Waals surface area contributed by atoms with E-state index in [0.29, 0.717) is 5.92 Å². The lowest BCUT2D eigenvalue weighted by Crippen LogP contribution is -2.40. The molecular formula is C13H21BrIN3OS. The van der Waals surface area contributed by atoms with E-state index in [4.69, 9.17) is 4.74 Å². The summed E-state index contributed by atoms with van der Waals surface area (Å²) in [6.07, 6.45) is 2.28. The Balaban J connectivity index is 0.00000200. The quantitative estimate of drug-likeness (QED) is 0.401. The van der Waals surface area contributed by atoms with Gasteiger partial charge in [-0.3, -0.25) is 4.99 Å². The molecule has 2 rings (SSSR count). The van der Waals surface area contributed by atoms with Crippen molar-refractivity contribution < 1.29 is 4.74 Å². The van der Waals surface area contributed by atoms with Crippen LogP contribution in [0, 0.1) is 5.92 Å². The molecule has 1 fully saturated rings. The van der Waals surface area contributed by atoms with Crippen LogP contribution in [0.4, 0.5) is 0 Å². The third-order valence-corrected chi connectivity index (χ3v) is 4.76. The summed E-state index contributed by atoms with van der Waals surface area (Å²) in [6.45, 7) is 3.55. The normalized spacial score (nSPS) is 16.6. The van der Waals surface area contributed by atoms with Crippen LogP contribution in [0.15, 0.2) is 20.2 Å². The van der Waals surface area contributed by atoms with Crippen LogP contribution < -0.4 is 10.6 Å². The van der Waals surface area contributed by atoms with E-state index in [1.165, 1.54) is 5.56 Å². The van der Waals surface area contributed by atoms with Crippen LogP contribution in [0.25, 0.3) is 0 Å². The lowest BCUT2D eigenvalue weighted by atomic mass is 10.0. The summed E-state index contributed by atoms with van der Waals surface area (Å²) in [5.41, 5.74) is 1.27. The first-order valence-electron chi connectivity index (χ1n) is 6.53. The molecule has 1 aromatic rings. The van der Waals surface area contributed by atoms with Gasteiger partial charge in [0.15, 0.2) is 5.96 Å². The summed E-state index contributed by atoms with van der Waals surface area (Å²) in [5, 5.41) is 8.86. The minimum Gasteiger partial charge on any atom is -0.381 e. The van der Waals surface area contributed by atoms with Crippen LogP contribution in [-0.2, 0) is 11.3 Å². The van der Waals surface area contributed by atoms with E-state index in [-0.39, 0.29) is 24.0 Å². The fraction of sp³-hybridized carbons (Fsp3) is 0.615. The van der Waals surface area contributed by atoms with E-state index in [9.17, 15) is 0 Å². The van der Waals surface area contributed by atoms with Crippen molar-refractivity contribution in [1.82, 2.24) is 10.6 Å². The molecule has 1 aromatic heterocycles. The van der Waals surface area contributed by atoms with Gasteiger partial charge in [-0.1, -0.05) is 0 Å². The molecule has 1 saturated heterocycles. The van der Waals surface area contributed by atoms with E-state index < -0.39 is 0 Å². The summed E-state index contributed by atoms with van der Waals surface area (Å²) in [5.74, 6) is 1.57. The SMILES string of the molecule is CN=C(NCc1csc(Br)c1)NCC1CCOCC1.I. The number of nitrogens with one attached hydrogen (secondary N) is 2. The molecular weight excluding hydrogens is 453 g/mol. The second-order valence-electron chi connectivity index (χ2n) is 4.62. The average Bonchev–Trinajstić information content (AvgIpc) is 2.86. The lowest BCUT2D eigenvalue weighted by Gasteiger charge is -2.23. The van der Waals surface area contributed by atoms with Gasteiger partial charge in [-0.25, -0.2) is 0 Å². The molecule has 0 amide bonds. The molecule has 2 heterocycles. The second-order valence-corrected chi connectivity index (χ2v) is 6.91. The summed E-state index contributed by atoms with van der Waals surface area (Å²) >= 11 is 5.17. The molecule has 0 atom stereocenters. The van der Waals surface area contributed by atoms with Crippen molar-refractivity contribution in [2.75, 3.05) is 26.8 Å². The summed E-state index contributed by atoms with van der Waals surface area (Å²) < 4.78 is 6.53. The van der Waals surface area contributed by atoms with Gasteiger partial charge < -0.3 is 15.4 Å². The Labute approximate surface area is 149 Å². The predicted octanol–water partition coefficient (Wildman–Crippen LogP) is 3.22.